The van der Waals surface area contributed by atoms with Gasteiger partial charge in [-0.1, -0.05) is 25.1 Å². The number of hydrogen-bond acceptors (Lipinski definition) is 4. The minimum absolute atomic E-state index is 0.0278. The molecule has 0 fully saturated rings. The fourth-order valence-electron chi connectivity index (χ4n) is 1.70. The Labute approximate surface area is 125 Å². The van der Waals surface area contributed by atoms with Gasteiger partial charge in [0.2, 0.25) is 0 Å². The normalized spacial score (nSPS) is 12.4. The first kappa shape index (κ1) is 17.4. The molecule has 0 spiro atoms. The van der Waals surface area contributed by atoms with Crippen LogP contribution in [0.3, 0.4) is 0 Å². The molecule has 0 aliphatic rings. The number of furan rings is 1. The summed E-state index contributed by atoms with van der Waals surface area (Å²) >= 11 is 0. The van der Waals surface area contributed by atoms with Crippen molar-refractivity contribution in [2.45, 2.75) is 38.1 Å². The van der Waals surface area contributed by atoms with Crippen molar-refractivity contribution >= 4 is 10.1 Å². The van der Waals surface area contributed by atoms with Gasteiger partial charge in [0, 0.05) is 0 Å². The van der Waals surface area contributed by atoms with Crippen LogP contribution in [0.5, 0.6) is 0 Å². The van der Waals surface area contributed by atoms with E-state index in [1.165, 1.54) is 6.07 Å². The average molecular weight is 311 g/mol. The van der Waals surface area contributed by atoms with E-state index in [1.54, 1.807) is 25.1 Å². The van der Waals surface area contributed by atoms with Crippen LogP contribution >= 0.6 is 0 Å². The van der Waals surface area contributed by atoms with Crippen molar-refractivity contribution in [2.24, 2.45) is 5.73 Å². The summed E-state index contributed by atoms with van der Waals surface area (Å²) in [5.74, 6) is 1.82. The second-order valence-corrected chi connectivity index (χ2v) is 6.09. The maximum Gasteiger partial charge on any atom is 0.294 e. The smallest absolute Gasteiger partial charge is 0.294 e. The Bertz CT molecular complexity index is 676. The van der Waals surface area contributed by atoms with Crippen LogP contribution in [0.4, 0.5) is 0 Å². The first-order chi connectivity index (χ1) is 9.75. The predicted molar refractivity (Wildman–Crippen MR) is 81.7 cm³/mol. The van der Waals surface area contributed by atoms with Crippen molar-refractivity contribution in [1.29, 1.82) is 0 Å². The molecule has 2 aromatic rings. The van der Waals surface area contributed by atoms with Crippen LogP contribution < -0.4 is 5.73 Å². The highest BCUT2D eigenvalue weighted by Crippen LogP contribution is 2.15. The van der Waals surface area contributed by atoms with Crippen LogP contribution in [0.15, 0.2) is 45.7 Å². The van der Waals surface area contributed by atoms with E-state index in [1.807, 2.05) is 26.0 Å². The first-order valence-electron chi connectivity index (χ1n) is 6.60. The van der Waals surface area contributed by atoms with Gasteiger partial charge in [0.1, 0.15) is 11.5 Å². The van der Waals surface area contributed by atoms with Gasteiger partial charge in [0.15, 0.2) is 0 Å². The summed E-state index contributed by atoms with van der Waals surface area (Å²) < 4.78 is 35.2. The van der Waals surface area contributed by atoms with E-state index in [0.717, 1.165) is 17.9 Å². The van der Waals surface area contributed by atoms with Crippen molar-refractivity contribution in [3.05, 3.63) is 53.5 Å². The minimum Gasteiger partial charge on any atom is -0.465 e. The summed E-state index contributed by atoms with van der Waals surface area (Å²) in [6.07, 6.45) is 0.924. The molecule has 2 rings (SSSR count). The van der Waals surface area contributed by atoms with E-state index >= 15 is 0 Å². The zero-order valence-electron chi connectivity index (χ0n) is 12.4. The van der Waals surface area contributed by atoms with Gasteiger partial charge < -0.3 is 10.2 Å². The zero-order valence-corrected chi connectivity index (χ0v) is 13.2. The molecule has 5 nitrogen and oxygen atoms in total. The number of hydrogen-bond donors (Lipinski definition) is 2. The monoisotopic (exact) mass is 311 g/mol. The molecule has 0 aliphatic carbocycles. The largest absolute Gasteiger partial charge is 0.465 e. The van der Waals surface area contributed by atoms with Gasteiger partial charge in [0.25, 0.3) is 10.1 Å². The van der Waals surface area contributed by atoms with E-state index in [-0.39, 0.29) is 10.9 Å². The third-order valence-corrected chi connectivity index (χ3v) is 3.95. The Morgan fingerprint density at radius 2 is 1.81 bits per heavy atom. The molecule has 1 aromatic heterocycles. The molecule has 116 valence electrons. The molecule has 0 unspecified atom stereocenters. The Hall–Kier alpha value is -1.63. The molecule has 1 atom stereocenters. The Balaban J connectivity index is 0.000000211. The second-order valence-electron chi connectivity index (χ2n) is 4.70. The van der Waals surface area contributed by atoms with E-state index < -0.39 is 10.1 Å². The van der Waals surface area contributed by atoms with Gasteiger partial charge >= 0.3 is 0 Å². The molecule has 0 saturated carbocycles. The molecule has 1 aromatic carbocycles. The lowest BCUT2D eigenvalue weighted by Crippen LogP contribution is -2.06. The third kappa shape index (κ3) is 5.34. The van der Waals surface area contributed by atoms with Crippen molar-refractivity contribution in [3.8, 4) is 0 Å². The fourth-order valence-corrected chi connectivity index (χ4v) is 2.43. The molecular formula is C15H21NO4S. The lowest BCUT2D eigenvalue weighted by molar-refractivity contribution is 0.441. The van der Waals surface area contributed by atoms with Crippen molar-refractivity contribution in [1.82, 2.24) is 0 Å². The molecule has 6 heteroatoms. The molecule has 0 saturated heterocycles. The Kier molecular flexibility index (Phi) is 6.14. The highest BCUT2D eigenvalue weighted by Gasteiger charge is 2.10. The lowest BCUT2D eigenvalue weighted by Gasteiger charge is -2.02. The molecule has 0 aliphatic heterocycles. The number of aryl methyl sites for hydroxylation is 2. The van der Waals surface area contributed by atoms with Gasteiger partial charge in [-0.15, -0.1) is 0 Å². The van der Waals surface area contributed by atoms with Crippen LogP contribution in [0.2, 0.25) is 0 Å². The van der Waals surface area contributed by atoms with Crippen molar-refractivity contribution < 1.29 is 17.4 Å². The molecular weight excluding hydrogens is 290 g/mol. The molecule has 0 amide bonds. The Morgan fingerprint density at radius 1 is 1.19 bits per heavy atom. The number of benzene rings is 1. The van der Waals surface area contributed by atoms with Crippen LogP contribution in [0.1, 0.15) is 36.5 Å². The highest BCUT2D eigenvalue weighted by molar-refractivity contribution is 7.85. The van der Waals surface area contributed by atoms with Gasteiger partial charge in [-0.2, -0.15) is 8.42 Å². The number of rotatable bonds is 3. The zero-order chi connectivity index (χ0) is 16.0. The van der Waals surface area contributed by atoms with Crippen LogP contribution in [0.25, 0.3) is 0 Å². The molecule has 0 bridgehead atoms. The minimum atomic E-state index is -4.03. The lowest BCUT2D eigenvalue weighted by atomic mass is 10.2. The summed E-state index contributed by atoms with van der Waals surface area (Å²) in [6.45, 7) is 5.59. The van der Waals surface area contributed by atoms with Gasteiger partial charge in [0.05, 0.1) is 10.9 Å². The quantitative estimate of drug-likeness (QED) is 0.849. The third-order valence-electron chi connectivity index (χ3n) is 2.94. The highest BCUT2D eigenvalue weighted by atomic mass is 32.2. The second kappa shape index (κ2) is 7.40. The van der Waals surface area contributed by atoms with Gasteiger partial charge in [-0.05, 0) is 44.0 Å². The first-order valence-corrected chi connectivity index (χ1v) is 8.04. The summed E-state index contributed by atoms with van der Waals surface area (Å²) in [6, 6.07) is 10.2. The number of nitrogens with two attached hydrogens (primary N) is 1. The molecule has 3 N–H and O–H groups in total. The molecule has 0 radical (unpaired) electrons. The topological polar surface area (TPSA) is 93.5 Å². The van der Waals surface area contributed by atoms with Crippen molar-refractivity contribution in [2.75, 3.05) is 0 Å². The fraction of sp³-hybridized carbons (Fsp3) is 0.333. The van der Waals surface area contributed by atoms with Crippen LogP contribution in [-0.4, -0.2) is 13.0 Å². The van der Waals surface area contributed by atoms with E-state index in [9.17, 15) is 8.42 Å². The summed E-state index contributed by atoms with van der Waals surface area (Å²) in [5, 5.41) is 0. The standard InChI is InChI=1S/C8H13NO.C7H8O3S/c1-3-7(9)8-5-4-6(2)10-8;1-6-4-2-3-5-7(6)11(8,9)10/h4-5,7H,3,9H2,1-2H3;2-5H,1H3,(H,8,9,10)/t7-;/m1./s1. The van der Waals surface area contributed by atoms with Crippen LogP contribution in [-0.2, 0) is 10.1 Å². The summed E-state index contributed by atoms with van der Waals surface area (Å²) in [7, 11) is -4.03. The average Bonchev–Trinajstić information content (AvgIpc) is 2.84. The molecule has 21 heavy (non-hydrogen) atoms. The van der Waals surface area contributed by atoms with E-state index in [4.69, 9.17) is 14.7 Å². The summed E-state index contributed by atoms with van der Waals surface area (Å²) in [4.78, 5) is -0.0278. The predicted octanol–water partition coefficient (Wildman–Crippen LogP) is 3.24. The van der Waals surface area contributed by atoms with Crippen molar-refractivity contribution in [3.63, 3.8) is 0 Å². The maximum atomic E-state index is 10.6. The van der Waals surface area contributed by atoms with E-state index in [0.29, 0.717) is 5.56 Å². The SMILES string of the molecule is CC[C@@H](N)c1ccc(C)o1.Cc1ccccc1S(=O)(=O)O. The maximum absolute atomic E-state index is 10.6. The molecule has 1 heterocycles. The summed E-state index contributed by atoms with van der Waals surface area (Å²) in [5.41, 5.74) is 6.26. The van der Waals surface area contributed by atoms with E-state index in [2.05, 4.69) is 0 Å². The van der Waals surface area contributed by atoms with Gasteiger partial charge in [-0.25, -0.2) is 0 Å². The van der Waals surface area contributed by atoms with Crippen LogP contribution in [0, 0.1) is 13.8 Å². The van der Waals surface area contributed by atoms with Gasteiger partial charge in [-0.3, -0.25) is 4.55 Å². The Morgan fingerprint density at radius 3 is 2.19 bits per heavy atom.